The molecule has 0 aliphatic rings. The van der Waals surface area contributed by atoms with Gasteiger partial charge >= 0.3 is 0 Å². The maximum atomic E-state index is 14.9. The number of carbonyl (C=O) groups is 2. The Morgan fingerprint density at radius 3 is 1.67 bits per heavy atom. The van der Waals surface area contributed by atoms with Crippen LogP contribution < -0.4 is 14.8 Å². The predicted octanol–water partition coefficient (Wildman–Crippen LogP) is 7.07. The average molecular weight is 507 g/mol. The third-order valence-electron chi connectivity index (χ3n) is 6.11. The Morgan fingerprint density at radius 1 is 0.750 bits per heavy atom. The molecule has 0 aliphatic carbocycles. The van der Waals surface area contributed by atoms with Crippen molar-refractivity contribution in [1.29, 1.82) is 0 Å². The van der Waals surface area contributed by atoms with Gasteiger partial charge in [-0.05, 0) is 61.9 Å². The topological polar surface area (TPSA) is 69.7 Å². The van der Waals surface area contributed by atoms with Crippen LogP contribution in [0.5, 0.6) is 11.5 Å². The molecule has 0 spiro atoms. The third kappa shape index (κ3) is 5.17. The minimum atomic E-state index is -4.35. The van der Waals surface area contributed by atoms with E-state index in [0.29, 0.717) is 29.9 Å². The quantitative estimate of drug-likeness (QED) is 0.290. The molecule has 190 valence electrons. The summed E-state index contributed by atoms with van der Waals surface area (Å²) in [5.41, 5.74) is 1.20. The molecule has 0 radical (unpaired) electrons. The molecular formula is C30H35O5P. The van der Waals surface area contributed by atoms with Gasteiger partial charge in [0.25, 0.3) is 0 Å². The van der Waals surface area contributed by atoms with Crippen LogP contribution in [-0.2, 0) is 9.98 Å². The maximum Gasteiger partial charge on any atom is 0.249 e. The van der Waals surface area contributed by atoms with Gasteiger partial charge in [-0.15, -0.1) is 0 Å². The van der Waals surface area contributed by atoms with Crippen molar-refractivity contribution < 1.29 is 23.6 Å². The third-order valence-corrected chi connectivity index (χ3v) is 8.72. The lowest BCUT2D eigenvalue weighted by molar-refractivity contribution is 0.103. The Kier molecular flexibility index (Phi) is 8.26. The lowest BCUT2D eigenvalue weighted by atomic mass is 9.84. The number of hydrogen-bond donors (Lipinski definition) is 0. The first kappa shape index (κ1) is 27.4. The highest BCUT2D eigenvalue weighted by Crippen LogP contribution is 2.54. The van der Waals surface area contributed by atoms with E-state index in [4.69, 9.17) is 9.47 Å². The van der Waals surface area contributed by atoms with Gasteiger partial charge in [0, 0.05) is 10.9 Å². The van der Waals surface area contributed by atoms with Crippen LogP contribution in [0.1, 0.15) is 72.0 Å². The number of carbonyl (C=O) groups excluding carboxylic acids is 2. The molecule has 3 rings (SSSR count). The van der Waals surface area contributed by atoms with E-state index in [1.54, 1.807) is 62.4 Å². The molecule has 0 bridgehead atoms. The number of hydrogen-bond acceptors (Lipinski definition) is 5. The molecule has 0 N–H and O–H groups in total. The highest BCUT2D eigenvalue weighted by Gasteiger charge is 2.46. The van der Waals surface area contributed by atoms with Crippen LogP contribution in [0.3, 0.4) is 0 Å². The fourth-order valence-corrected chi connectivity index (χ4v) is 6.74. The normalized spacial score (nSPS) is 13.1. The second kappa shape index (κ2) is 10.8. The van der Waals surface area contributed by atoms with E-state index >= 15 is 0 Å². The minimum Gasteiger partial charge on any atom is -0.493 e. The second-order valence-corrected chi connectivity index (χ2v) is 12.3. The number of benzene rings is 3. The van der Waals surface area contributed by atoms with E-state index in [1.807, 2.05) is 26.0 Å². The van der Waals surface area contributed by atoms with Crippen LogP contribution in [0, 0.1) is 13.8 Å². The number of rotatable bonds is 9. The molecule has 6 heteroatoms. The van der Waals surface area contributed by atoms with E-state index < -0.39 is 18.2 Å². The van der Waals surface area contributed by atoms with Crippen molar-refractivity contribution in [3.05, 3.63) is 88.5 Å². The molecular weight excluding hydrogens is 471 g/mol. The fraction of sp³-hybridized carbons (Fsp3) is 0.333. The lowest BCUT2D eigenvalue weighted by Gasteiger charge is -2.24. The minimum absolute atomic E-state index is 0.0309. The molecule has 36 heavy (non-hydrogen) atoms. The number of aryl methyl sites for hydroxylation is 2. The maximum absolute atomic E-state index is 14.9. The zero-order chi connectivity index (χ0) is 26.7. The summed E-state index contributed by atoms with van der Waals surface area (Å²) in [4.78, 5) is 28.5. The van der Waals surface area contributed by atoms with Crippen LogP contribution >= 0.6 is 7.14 Å². The van der Waals surface area contributed by atoms with Crippen molar-refractivity contribution in [2.24, 2.45) is 0 Å². The summed E-state index contributed by atoms with van der Waals surface area (Å²) in [5.74, 6) is 0.489. The molecule has 0 heterocycles. The zero-order valence-corrected chi connectivity index (χ0v) is 23.1. The van der Waals surface area contributed by atoms with E-state index in [9.17, 15) is 14.2 Å². The van der Waals surface area contributed by atoms with E-state index in [1.165, 1.54) is 0 Å². The standard InChI is InChI=1S/C30H35O5P/c1-8-34-24-16-13-17-25(35-9-2)27(24)29(32)36(33,23-14-11-10-12-15-23)28(31)26-20(3)18-22(19-21(26)4)30(5,6)7/h10-19H,8-9H2,1-7H3. The highest BCUT2D eigenvalue weighted by molar-refractivity contribution is 8.01. The Bertz CT molecular complexity index is 1270. The van der Waals surface area contributed by atoms with Gasteiger partial charge in [0.2, 0.25) is 18.2 Å². The van der Waals surface area contributed by atoms with Gasteiger partial charge in [-0.1, -0.05) is 69.3 Å². The van der Waals surface area contributed by atoms with E-state index in [-0.39, 0.29) is 27.8 Å². The Morgan fingerprint density at radius 2 is 1.22 bits per heavy atom. The van der Waals surface area contributed by atoms with Crippen molar-refractivity contribution in [3.8, 4) is 11.5 Å². The summed E-state index contributed by atoms with van der Waals surface area (Å²) < 4.78 is 26.4. The largest absolute Gasteiger partial charge is 0.493 e. The van der Waals surface area contributed by atoms with Crippen molar-refractivity contribution in [3.63, 3.8) is 0 Å². The Balaban J connectivity index is 2.31. The Labute approximate surface area is 214 Å². The summed E-state index contributed by atoms with van der Waals surface area (Å²) in [7, 11) is -4.35. The first-order valence-corrected chi connectivity index (χ1v) is 13.9. The van der Waals surface area contributed by atoms with Crippen LogP contribution in [-0.4, -0.2) is 24.3 Å². The molecule has 0 aliphatic heterocycles. The molecule has 1 atom stereocenters. The van der Waals surface area contributed by atoms with Crippen LogP contribution in [0.25, 0.3) is 0 Å². The monoisotopic (exact) mass is 506 g/mol. The van der Waals surface area contributed by atoms with Crippen molar-refractivity contribution in [2.75, 3.05) is 13.2 Å². The van der Waals surface area contributed by atoms with Crippen molar-refractivity contribution in [1.82, 2.24) is 0 Å². The zero-order valence-electron chi connectivity index (χ0n) is 22.2. The van der Waals surface area contributed by atoms with Gasteiger partial charge in [-0.3, -0.25) is 9.59 Å². The lowest BCUT2D eigenvalue weighted by Crippen LogP contribution is -2.23. The van der Waals surface area contributed by atoms with Crippen LogP contribution in [0.15, 0.2) is 60.7 Å². The van der Waals surface area contributed by atoms with Crippen molar-refractivity contribution >= 4 is 23.5 Å². The average Bonchev–Trinajstić information content (AvgIpc) is 2.83. The summed E-state index contributed by atoms with van der Waals surface area (Å²) in [5, 5.41) is 0.187. The SMILES string of the molecule is CCOc1cccc(OCC)c1C(=O)P(=O)(C(=O)c1c(C)cc(C(C)(C)C)cc1C)c1ccccc1. The highest BCUT2D eigenvalue weighted by atomic mass is 31.2. The predicted molar refractivity (Wildman–Crippen MR) is 146 cm³/mol. The molecule has 0 saturated heterocycles. The van der Waals surface area contributed by atoms with Gasteiger partial charge in [0.05, 0.1) is 13.2 Å². The van der Waals surface area contributed by atoms with Gasteiger partial charge in [-0.25, -0.2) is 0 Å². The fourth-order valence-electron chi connectivity index (χ4n) is 4.29. The van der Waals surface area contributed by atoms with Crippen molar-refractivity contribution in [2.45, 2.75) is 53.9 Å². The first-order chi connectivity index (χ1) is 17.0. The summed E-state index contributed by atoms with van der Waals surface area (Å²) >= 11 is 0. The van der Waals surface area contributed by atoms with Gasteiger partial charge in [0.15, 0.2) is 0 Å². The van der Waals surface area contributed by atoms with Crippen LogP contribution in [0.4, 0.5) is 0 Å². The smallest absolute Gasteiger partial charge is 0.249 e. The molecule has 0 fully saturated rings. The van der Waals surface area contributed by atoms with Gasteiger partial charge in [-0.2, -0.15) is 0 Å². The molecule has 0 amide bonds. The molecule has 5 nitrogen and oxygen atoms in total. The second-order valence-electron chi connectivity index (χ2n) is 9.79. The molecule has 1 unspecified atom stereocenters. The number of ether oxygens (including phenoxy) is 2. The Hall–Kier alpha value is -3.17. The molecule has 0 aromatic heterocycles. The molecule has 0 saturated carbocycles. The first-order valence-electron chi connectivity index (χ1n) is 12.2. The molecule has 3 aromatic carbocycles. The van der Waals surface area contributed by atoms with Gasteiger partial charge in [0.1, 0.15) is 17.1 Å². The molecule has 3 aromatic rings. The van der Waals surface area contributed by atoms with E-state index in [2.05, 4.69) is 20.8 Å². The van der Waals surface area contributed by atoms with Crippen LogP contribution in [0.2, 0.25) is 0 Å². The van der Waals surface area contributed by atoms with Gasteiger partial charge < -0.3 is 14.0 Å². The summed E-state index contributed by atoms with van der Waals surface area (Å²) in [6.45, 7) is 14.1. The summed E-state index contributed by atoms with van der Waals surface area (Å²) in [6.07, 6.45) is 0. The summed E-state index contributed by atoms with van der Waals surface area (Å²) in [6, 6.07) is 17.1. The van der Waals surface area contributed by atoms with E-state index in [0.717, 1.165) is 5.56 Å².